The van der Waals surface area contributed by atoms with Gasteiger partial charge in [0.1, 0.15) is 22.6 Å². The van der Waals surface area contributed by atoms with Gasteiger partial charge in [0.05, 0.1) is 11.9 Å². The van der Waals surface area contributed by atoms with E-state index in [-0.39, 0.29) is 34.9 Å². The molecule has 1 N–H and O–H groups in total. The van der Waals surface area contributed by atoms with E-state index in [0.717, 1.165) is 5.69 Å². The number of fused-ring (bicyclic) bond motifs is 1. The Bertz CT molecular complexity index is 1510. The maximum atomic E-state index is 13.3. The highest BCUT2D eigenvalue weighted by Crippen LogP contribution is 2.30. The predicted octanol–water partition coefficient (Wildman–Crippen LogP) is 4.57. The molecule has 12 heteroatoms. The van der Waals surface area contributed by atoms with E-state index in [2.05, 4.69) is 20.2 Å². The van der Waals surface area contributed by atoms with Crippen LogP contribution in [0.15, 0.2) is 39.8 Å². The maximum absolute atomic E-state index is 13.3. The third kappa shape index (κ3) is 5.36. The SMILES string of the molecule is CC(C)(C)OC(=O)N1CCC(c2cc(=O)[nH]c3c(-c4nc(Cc5ccc(F)cc5Cl)no4)cnn23)CC1. The number of ether oxygens (including phenoxy) is 1. The molecule has 1 aliphatic rings. The molecule has 4 aromatic rings. The summed E-state index contributed by atoms with van der Waals surface area (Å²) in [6.45, 7) is 6.54. The lowest BCUT2D eigenvalue weighted by Crippen LogP contribution is -2.41. The van der Waals surface area contributed by atoms with Crippen molar-refractivity contribution in [2.45, 2.75) is 51.6 Å². The van der Waals surface area contributed by atoms with Crippen LogP contribution in [0.25, 0.3) is 17.1 Å². The van der Waals surface area contributed by atoms with Crippen LogP contribution in [-0.2, 0) is 11.2 Å². The summed E-state index contributed by atoms with van der Waals surface area (Å²) in [5, 5.41) is 8.76. The number of H-pyrrole nitrogens is 1. The lowest BCUT2D eigenvalue weighted by molar-refractivity contribution is 0.0203. The van der Waals surface area contributed by atoms with E-state index in [9.17, 15) is 14.0 Å². The average Bonchev–Trinajstić information content (AvgIpc) is 3.46. The molecule has 1 amide bonds. The van der Waals surface area contributed by atoms with Crippen LogP contribution in [0.3, 0.4) is 0 Å². The van der Waals surface area contributed by atoms with Crippen molar-refractivity contribution < 1.29 is 18.4 Å². The van der Waals surface area contributed by atoms with Gasteiger partial charge in [-0.15, -0.1) is 0 Å². The largest absolute Gasteiger partial charge is 0.444 e. The van der Waals surface area contributed by atoms with Crippen LogP contribution >= 0.6 is 11.6 Å². The Kier molecular flexibility index (Phi) is 6.49. The van der Waals surface area contributed by atoms with Gasteiger partial charge in [0, 0.05) is 36.5 Å². The molecule has 1 fully saturated rings. The molecule has 0 radical (unpaired) electrons. The minimum absolute atomic E-state index is 0.0232. The molecule has 1 saturated heterocycles. The van der Waals surface area contributed by atoms with Crippen LogP contribution in [0, 0.1) is 5.82 Å². The van der Waals surface area contributed by atoms with E-state index in [1.807, 2.05) is 20.8 Å². The van der Waals surface area contributed by atoms with Gasteiger partial charge in [0.15, 0.2) is 5.82 Å². The molecule has 3 aromatic heterocycles. The molecule has 0 aliphatic carbocycles. The first-order valence-corrected chi connectivity index (χ1v) is 12.3. The Hall–Kier alpha value is -3.73. The number of aromatic amines is 1. The first-order chi connectivity index (χ1) is 17.6. The van der Waals surface area contributed by atoms with Crippen molar-refractivity contribution in [3.63, 3.8) is 0 Å². The molecule has 0 spiro atoms. The summed E-state index contributed by atoms with van der Waals surface area (Å²) in [7, 11) is 0. The molecule has 5 rings (SSSR count). The maximum Gasteiger partial charge on any atom is 0.410 e. The van der Waals surface area contributed by atoms with Crippen molar-refractivity contribution in [2.24, 2.45) is 0 Å². The van der Waals surface area contributed by atoms with Gasteiger partial charge < -0.3 is 19.1 Å². The summed E-state index contributed by atoms with van der Waals surface area (Å²) in [6.07, 6.45) is 2.80. The Morgan fingerprint density at radius 3 is 2.73 bits per heavy atom. The highest BCUT2D eigenvalue weighted by Gasteiger charge is 2.29. The Morgan fingerprint density at radius 2 is 2.03 bits per heavy atom. The number of aromatic nitrogens is 5. The zero-order valence-electron chi connectivity index (χ0n) is 20.6. The van der Waals surface area contributed by atoms with Crippen LogP contribution < -0.4 is 5.56 Å². The fourth-order valence-corrected chi connectivity index (χ4v) is 4.65. The second kappa shape index (κ2) is 9.62. The number of hydrogen-bond donors (Lipinski definition) is 1. The monoisotopic (exact) mass is 528 g/mol. The zero-order valence-corrected chi connectivity index (χ0v) is 21.4. The number of carbonyl (C=O) groups is 1. The van der Waals surface area contributed by atoms with Gasteiger partial charge in [0.2, 0.25) is 0 Å². The van der Waals surface area contributed by atoms with Crippen molar-refractivity contribution in [1.29, 1.82) is 0 Å². The van der Waals surface area contributed by atoms with Gasteiger partial charge in [-0.1, -0.05) is 22.8 Å². The van der Waals surface area contributed by atoms with Crippen LogP contribution in [-0.4, -0.2) is 54.4 Å². The van der Waals surface area contributed by atoms with E-state index in [0.29, 0.717) is 48.5 Å². The smallest absolute Gasteiger partial charge is 0.410 e. The molecular weight excluding hydrogens is 503 g/mol. The van der Waals surface area contributed by atoms with E-state index >= 15 is 0 Å². The van der Waals surface area contributed by atoms with Crippen molar-refractivity contribution in [3.8, 4) is 11.5 Å². The van der Waals surface area contributed by atoms with Gasteiger partial charge in [-0.3, -0.25) is 4.79 Å². The Labute approximate surface area is 216 Å². The minimum atomic E-state index is -0.557. The third-order valence-electron chi connectivity index (χ3n) is 6.16. The highest BCUT2D eigenvalue weighted by atomic mass is 35.5. The molecule has 0 bridgehead atoms. The molecule has 0 unspecified atom stereocenters. The zero-order chi connectivity index (χ0) is 26.3. The molecule has 1 aromatic carbocycles. The number of carbonyl (C=O) groups excluding carboxylic acids is 1. The third-order valence-corrected chi connectivity index (χ3v) is 6.51. The lowest BCUT2D eigenvalue weighted by Gasteiger charge is -2.33. The quantitative estimate of drug-likeness (QED) is 0.412. The molecule has 10 nitrogen and oxygen atoms in total. The van der Waals surface area contributed by atoms with Crippen molar-refractivity contribution in [3.05, 3.63) is 68.7 Å². The fraction of sp³-hybridized carbons (Fsp3) is 0.400. The number of piperidine rings is 1. The van der Waals surface area contributed by atoms with E-state index in [1.54, 1.807) is 21.7 Å². The van der Waals surface area contributed by atoms with Crippen LogP contribution in [0.1, 0.15) is 56.6 Å². The number of likely N-dealkylation sites (tertiary alicyclic amines) is 1. The Morgan fingerprint density at radius 1 is 1.27 bits per heavy atom. The molecule has 37 heavy (non-hydrogen) atoms. The number of rotatable bonds is 4. The molecular formula is C25H26ClFN6O4. The Balaban J connectivity index is 1.37. The van der Waals surface area contributed by atoms with Crippen molar-refractivity contribution in [2.75, 3.05) is 13.1 Å². The predicted molar refractivity (Wildman–Crippen MR) is 133 cm³/mol. The molecule has 1 aliphatic heterocycles. The van der Waals surface area contributed by atoms with E-state index in [1.165, 1.54) is 18.2 Å². The first-order valence-electron chi connectivity index (χ1n) is 11.9. The molecule has 194 valence electrons. The standard InChI is InChI=1S/C25H26ClFN6O4/c1-25(2,3)36-24(35)32-8-6-14(7-9-32)19-12-21(34)30-22-17(13-28-33(19)22)23-29-20(31-37-23)10-15-4-5-16(27)11-18(15)26/h4-5,11-14H,6-10H2,1-3H3,(H,30,34). The van der Waals surface area contributed by atoms with Crippen LogP contribution in [0.5, 0.6) is 0 Å². The average molecular weight is 529 g/mol. The summed E-state index contributed by atoms with van der Waals surface area (Å²) in [4.78, 5) is 33.9. The topological polar surface area (TPSA) is 119 Å². The van der Waals surface area contributed by atoms with Crippen molar-refractivity contribution >= 4 is 23.3 Å². The van der Waals surface area contributed by atoms with Gasteiger partial charge >= 0.3 is 6.09 Å². The van der Waals surface area contributed by atoms with Gasteiger partial charge in [-0.25, -0.2) is 13.7 Å². The van der Waals surface area contributed by atoms with E-state index < -0.39 is 11.4 Å². The number of nitrogens with zero attached hydrogens (tertiary/aromatic N) is 5. The summed E-state index contributed by atoms with van der Waals surface area (Å²) >= 11 is 6.12. The first kappa shape index (κ1) is 24.9. The molecule has 4 heterocycles. The summed E-state index contributed by atoms with van der Waals surface area (Å²) in [5.41, 5.74) is 1.48. The summed E-state index contributed by atoms with van der Waals surface area (Å²) in [5.74, 6) is 0.144. The van der Waals surface area contributed by atoms with Crippen LogP contribution in [0.4, 0.5) is 9.18 Å². The van der Waals surface area contributed by atoms with Gasteiger partial charge in [-0.05, 0) is 51.3 Å². The second-order valence-electron chi connectivity index (χ2n) is 10.0. The number of amides is 1. The van der Waals surface area contributed by atoms with Gasteiger partial charge in [-0.2, -0.15) is 10.1 Å². The van der Waals surface area contributed by atoms with Crippen molar-refractivity contribution in [1.82, 2.24) is 29.6 Å². The van der Waals surface area contributed by atoms with E-state index in [4.69, 9.17) is 20.9 Å². The number of hydrogen-bond acceptors (Lipinski definition) is 7. The normalized spacial score (nSPS) is 14.9. The number of halogens is 2. The summed E-state index contributed by atoms with van der Waals surface area (Å²) < 4.78 is 25.9. The van der Waals surface area contributed by atoms with Gasteiger partial charge in [0.25, 0.3) is 11.4 Å². The minimum Gasteiger partial charge on any atom is -0.444 e. The highest BCUT2D eigenvalue weighted by molar-refractivity contribution is 6.31. The molecule has 0 saturated carbocycles. The molecule has 0 atom stereocenters. The lowest BCUT2D eigenvalue weighted by atomic mass is 9.93. The summed E-state index contributed by atoms with van der Waals surface area (Å²) in [6, 6.07) is 5.65. The number of nitrogens with one attached hydrogen (secondary N) is 1. The fourth-order valence-electron chi connectivity index (χ4n) is 4.41. The number of benzene rings is 1. The second-order valence-corrected chi connectivity index (χ2v) is 10.5. The van der Waals surface area contributed by atoms with Crippen LogP contribution in [0.2, 0.25) is 5.02 Å².